The van der Waals surface area contributed by atoms with Gasteiger partial charge in [-0.1, -0.05) is 26.4 Å². The zero-order valence-electron chi connectivity index (χ0n) is 20.5. The van der Waals surface area contributed by atoms with Gasteiger partial charge in [0.15, 0.2) is 0 Å². The van der Waals surface area contributed by atoms with Crippen molar-refractivity contribution >= 4 is 27.7 Å². The molecule has 39 heavy (non-hydrogen) atoms. The number of anilines is 1. The maximum Gasteiger partial charge on any atom is 0.310 e. The fraction of sp³-hybridized carbons (Fsp3) is 0.458. The van der Waals surface area contributed by atoms with E-state index in [9.17, 15) is 42.2 Å². The van der Waals surface area contributed by atoms with Crippen LogP contribution in [0.1, 0.15) is 44.2 Å². The minimum atomic E-state index is -10.0. The third kappa shape index (κ3) is 6.62. The number of amides is 2. The van der Waals surface area contributed by atoms with Crippen molar-refractivity contribution < 1.29 is 42.2 Å². The van der Waals surface area contributed by atoms with Gasteiger partial charge >= 0.3 is 10.2 Å². The molecule has 0 bridgehead atoms. The van der Waals surface area contributed by atoms with Crippen LogP contribution in [0, 0.1) is 11.7 Å². The molecule has 6 nitrogen and oxygen atoms in total. The van der Waals surface area contributed by atoms with E-state index in [0.717, 1.165) is 23.4 Å². The van der Waals surface area contributed by atoms with Crippen LogP contribution in [-0.2, 0) is 9.59 Å². The summed E-state index contributed by atoms with van der Waals surface area (Å²) in [4.78, 5) is 29.5. The van der Waals surface area contributed by atoms with Gasteiger partial charge in [0.05, 0.1) is 12.2 Å². The fourth-order valence-electron chi connectivity index (χ4n) is 4.68. The van der Waals surface area contributed by atoms with Gasteiger partial charge in [0.2, 0.25) is 17.7 Å². The summed E-state index contributed by atoms with van der Waals surface area (Å²) in [5.74, 6) is -5.74. The number of nitrogens with one attached hydrogen (secondary N) is 2. The number of alkyl halides is 2. The first-order valence-electron chi connectivity index (χ1n) is 12.0. The molecule has 1 aromatic heterocycles. The van der Waals surface area contributed by atoms with Crippen LogP contribution in [0.5, 0.6) is 0 Å². The lowest BCUT2D eigenvalue weighted by atomic mass is 9.90. The molecule has 2 aromatic rings. The Morgan fingerprint density at radius 1 is 1.08 bits per heavy atom. The van der Waals surface area contributed by atoms with E-state index < -0.39 is 69.6 Å². The third-order valence-corrected chi connectivity index (χ3v) is 8.07. The summed E-state index contributed by atoms with van der Waals surface area (Å²) in [5.41, 5.74) is -0.503. The molecule has 1 aromatic carbocycles. The Kier molecular flexibility index (Phi) is 6.94. The lowest BCUT2D eigenvalue weighted by Crippen LogP contribution is -2.62. The summed E-state index contributed by atoms with van der Waals surface area (Å²) in [5, 5.41) is 5.43. The predicted molar refractivity (Wildman–Crippen MR) is 129 cm³/mol. The molecular weight excluding hydrogens is 560 g/mol. The predicted octanol–water partition coefficient (Wildman–Crippen LogP) is 6.25. The zero-order valence-corrected chi connectivity index (χ0v) is 21.3. The number of rotatable bonds is 7. The molecule has 2 N–H and O–H groups in total. The molecule has 1 saturated carbocycles. The summed E-state index contributed by atoms with van der Waals surface area (Å²) in [6.07, 6.45) is 0.746. The topological polar surface area (TPSA) is 74.3 Å². The van der Waals surface area contributed by atoms with Gasteiger partial charge in [0, 0.05) is 42.9 Å². The quantitative estimate of drug-likeness (QED) is 0.376. The van der Waals surface area contributed by atoms with Gasteiger partial charge < -0.3 is 10.6 Å². The van der Waals surface area contributed by atoms with E-state index >= 15 is 0 Å². The summed E-state index contributed by atoms with van der Waals surface area (Å²) in [7, 11) is -10.0. The Balaban J connectivity index is 1.77. The summed E-state index contributed by atoms with van der Waals surface area (Å²) >= 11 is 0. The second-order valence-electron chi connectivity index (χ2n) is 10.0. The number of hydrogen-bond donors (Lipinski definition) is 2. The molecule has 3 atom stereocenters. The minimum Gasteiger partial charge on any atom is -0.351 e. The van der Waals surface area contributed by atoms with E-state index in [4.69, 9.17) is 0 Å². The van der Waals surface area contributed by atoms with Crippen LogP contribution >= 0.6 is 10.2 Å². The second-order valence-corrected chi connectivity index (χ2v) is 12.4. The SMILES string of the molecule is C[C@H]1CN[C@H]1C(=O)N(c1ccc(S(F)(F)(F)(F)F)cc1)C(C(=O)NC1CCC(F)(F)CC1)c1cncc(F)c1. The highest BCUT2D eigenvalue weighted by molar-refractivity contribution is 8.45. The first-order chi connectivity index (χ1) is 17.8. The first-order valence-corrected chi connectivity index (χ1v) is 14.0. The Labute approximate surface area is 218 Å². The molecule has 1 saturated heterocycles. The van der Waals surface area contributed by atoms with Crippen LogP contribution in [0.15, 0.2) is 47.6 Å². The van der Waals surface area contributed by atoms with Gasteiger partial charge in [0.1, 0.15) is 16.8 Å². The Morgan fingerprint density at radius 3 is 2.18 bits per heavy atom. The molecule has 4 rings (SSSR count). The lowest BCUT2D eigenvalue weighted by molar-refractivity contribution is -0.130. The van der Waals surface area contributed by atoms with Gasteiger partial charge in [-0.05, 0) is 49.1 Å². The molecule has 216 valence electrons. The molecule has 1 aliphatic heterocycles. The van der Waals surface area contributed by atoms with E-state index in [2.05, 4.69) is 15.6 Å². The Bertz CT molecular complexity index is 1250. The number of carbonyl (C=O) groups is 2. The maximum absolute atomic E-state index is 14.2. The molecule has 0 spiro atoms. The molecule has 0 radical (unpaired) electrons. The molecule has 15 heteroatoms. The van der Waals surface area contributed by atoms with Crippen LogP contribution in [0.2, 0.25) is 0 Å². The average molecular weight is 587 g/mol. The summed E-state index contributed by atoms with van der Waals surface area (Å²) in [6.45, 7) is 2.12. The highest BCUT2D eigenvalue weighted by atomic mass is 32.5. The standard InChI is InChI=1S/C24H26F8N4O2S/c1-14-11-34-20(14)23(38)36(18-2-4-19(5-3-18)39(28,29,30,31)32)21(15-10-16(25)13-33-12-15)22(37)35-17-6-8-24(26,27)9-7-17/h2-5,10,12-14,17,20-21,34H,6-9,11H2,1H3,(H,35,37)/t14-,20+,21?/m0/s1. The van der Waals surface area contributed by atoms with Crippen LogP contribution in [0.4, 0.5) is 38.3 Å². The molecule has 2 heterocycles. The van der Waals surface area contributed by atoms with E-state index in [1.54, 1.807) is 6.92 Å². The van der Waals surface area contributed by atoms with Gasteiger partial charge in [-0.25, -0.2) is 13.2 Å². The van der Waals surface area contributed by atoms with Crippen molar-refractivity contribution in [3.8, 4) is 0 Å². The van der Waals surface area contributed by atoms with E-state index in [-0.39, 0.29) is 42.1 Å². The molecular formula is C24H26F8N4O2S. The van der Waals surface area contributed by atoms with Crippen molar-refractivity contribution in [2.45, 2.75) is 61.6 Å². The molecule has 1 unspecified atom stereocenters. The van der Waals surface area contributed by atoms with Crippen molar-refractivity contribution in [3.63, 3.8) is 0 Å². The Morgan fingerprint density at radius 2 is 1.69 bits per heavy atom. The van der Waals surface area contributed by atoms with Crippen LogP contribution in [0.3, 0.4) is 0 Å². The molecule has 1 aliphatic carbocycles. The number of hydrogen-bond acceptors (Lipinski definition) is 4. The molecule has 2 amide bonds. The van der Waals surface area contributed by atoms with Crippen molar-refractivity contribution in [3.05, 3.63) is 54.1 Å². The highest BCUT2D eigenvalue weighted by Crippen LogP contribution is 3.02. The highest BCUT2D eigenvalue weighted by Gasteiger charge is 2.65. The normalized spacial score (nSPS) is 24.0. The second kappa shape index (κ2) is 9.32. The number of aromatic nitrogens is 1. The van der Waals surface area contributed by atoms with Gasteiger partial charge in [-0.2, -0.15) is 0 Å². The molecule has 2 fully saturated rings. The van der Waals surface area contributed by atoms with Gasteiger partial charge in [-0.15, -0.1) is 0 Å². The van der Waals surface area contributed by atoms with E-state index in [0.29, 0.717) is 18.7 Å². The van der Waals surface area contributed by atoms with Crippen LogP contribution in [-0.4, -0.2) is 41.3 Å². The fourth-order valence-corrected chi connectivity index (χ4v) is 5.33. The number of benzene rings is 1. The van der Waals surface area contributed by atoms with E-state index in [1.807, 2.05) is 0 Å². The molecule has 2 aliphatic rings. The Hall–Kier alpha value is -2.94. The number of nitrogens with zero attached hydrogens (tertiary/aromatic N) is 2. The third-order valence-electron chi connectivity index (χ3n) is 6.90. The monoisotopic (exact) mass is 586 g/mol. The van der Waals surface area contributed by atoms with Gasteiger partial charge in [-0.3, -0.25) is 19.5 Å². The van der Waals surface area contributed by atoms with Crippen molar-refractivity contribution in [2.24, 2.45) is 5.92 Å². The first kappa shape index (κ1) is 29.1. The largest absolute Gasteiger partial charge is 0.351 e. The minimum absolute atomic E-state index is 0.0827. The zero-order chi connectivity index (χ0) is 28.9. The number of halogens is 8. The average Bonchev–Trinajstić information content (AvgIpc) is 2.81. The van der Waals surface area contributed by atoms with Crippen molar-refractivity contribution in [1.29, 1.82) is 0 Å². The number of carbonyl (C=O) groups excluding carboxylic acids is 2. The maximum atomic E-state index is 14.2. The van der Waals surface area contributed by atoms with Crippen molar-refractivity contribution in [2.75, 3.05) is 11.4 Å². The van der Waals surface area contributed by atoms with Gasteiger partial charge in [0.25, 0.3) is 0 Å². The summed E-state index contributed by atoms with van der Waals surface area (Å²) in [6, 6.07) is -0.935. The van der Waals surface area contributed by atoms with Crippen molar-refractivity contribution in [1.82, 2.24) is 15.6 Å². The lowest BCUT2D eigenvalue weighted by Gasteiger charge is -2.42. The number of pyridine rings is 1. The van der Waals surface area contributed by atoms with Crippen LogP contribution in [0.25, 0.3) is 0 Å². The van der Waals surface area contributed by atoms with E-state index in [1.165, 1.54) is 0 Å². The van der Waals surface area contributed by atoms with Crippen LogP contribution < -0.4 is 15.5 Å². The summed E-state index contributed by atoms with van der Waals surface area (Å²) < 4.78 is 108. The smallest absolute Gasteiger partial charge is 0.310 e.